The van der Waals surface area contributed by atoms with Crippen molar-refractivity contribution >= 4 is 39.9 Å². The number of anilines is 2. The first-order valence-electron chi connectivity index (χ1n) is 6.30. The third-order valence-electron chi connectivity index (χ3n) is 3.28. The van der Waals surface area contributed by atoms with Crippen LogP contribution in [0.1, 0.15) is 15.9 Å². The zero-order valence-electron chi connectivity index (χ0n) is 10.6. The Morgan fingerprint density at radius 3 is 2.95 bits per heavy atom. The molecule has 1 aliphatic heterocycles. The van der Waals surface area contributed by atoms with Gasteiger partial charge in [-0.2, -0.15) is 0 Å². The van der Waals surface area contributed by atoms with E-state index in [0.29, 0.717) is 0 Å². The molecule has 3 rings (SSSR count). The zero-order valence-corrected chi connectivity index (χ0v) is 12.8. The number of hydrogen-bond donors (Lipinski definition) is 3. The summed E-state index contributed by atoms with van der Waals surface area (Å²) in [5, 5.41) is 15.9. The van der Waals surface area contributed by atoms with E-state index in [4.69, 9.17) is 0 Å². The molecule has 3 N–H and O–H groups in total. The number of rotatable bonds is 2. The van der Waals surface area contributed by atoms with E-state index in [9.17, 15) is 9.90 Å². The molecular weight excluding hydrogens is 367 g/mol. The van der Waals surface area contributed by atoms with Crippen molar-refractivity contribution in [1.29, 1.82) is 0 Å². The lowest BCUT2D eigenvalue weighted by Gasteiger charge is -2.09. The van der Waals surface area contributed by atoms with E-state index in [2.05, 4.69) is 33.2 Å². The number of carbonyl (C=O) groups excluding carboxylic acids is 1. The topological polar surface area (TPSA) is 61.4 Å². The number of halogens is 1. The molecule has 0 atom stereocenters. The average Bonchev–Trinajstić information content (AvgIpc) is 2.89. The molecule has 2 aromatic rings. The molecule has 0 aromatic heterocycles. The van der Waals surface area contributed by atoms with Crippen molar-refractivity contribution in [3.63, 3.8) is 0 Å². The minimum atomic E-state index is -0.299. The molecule has 0 aliphatic carbocycles. The minimum absolute atomic E-state index is 0.00857. The van der Waals surface area contributed by atoms with Gasteiger partial charge in [0.25, 0.3) is 5.91 Å². The third kappa shape index (κ3) is 2.58. The van der Waals surface area contributed by atoms with E-state index in [1.165, 1.54) is 11.6 Å². The predicted molar refractivity (Wildman–Crippen MR) is 87.4 cm³/mol. The maximum Gasteiger partial charge on any atom is 0.259 e. The van der Waals surface area contributed by atoms with Crippen LogP contribution in [0, 0.1) is 3.57 Å². The molecule has 102 valence electrons. The molecule has 5 heteroatoms. The van der Waals surface area contributed by atoms with Crippen LogP contribution in [0.5, 0.6) is 5.75 Å². The highest BCUT2D eigenvalue weighted by molar-refractivity contribution is 14.1. The summed E-state index contributed by atoms with van der Waals surface area (Å²) in [6.07, 6.45) is 0.966. The second-order valence-electron chi connectivity index (χ2n) is 4.66. The second kappa shape index (κ2) is 5.32. The van der Waals surface area contributed by atoms with E-state index in [1.54, 1.807) is 12.1 Å². The summed E-state index contributed by atoms with van der Waals surface area (Å²) in [4.78, 5) is 12.2. The monoisotopic (exact) mass is 380 g/mol. The summed E-state index contributed by atoms with van der Waals surface area (Å²) in [7, 11) is 0. The largest absolute Gasteiger partial charge is 0.507 e. The van der Waals surface area contributed by atoms with Gasteiger partial charge in [-0.05, 0) is 71.0 Å². The number of benzene rings is 2. The van der Waals surface area contributed by atoms with Crippen LogP contribution in [-0.4, -0.2) is 17.6 Å². The Morgan fingerprint density at radius 1 is 1.25 bits per heavy atom. The molecule has 1 heterocycles. The molecule has 0 unspecified atom stereocenters. The standard InChI is InChI=1S/C15H13IN2O2/c16-10-1-4-14(19)12(8-10)15(20)18-11-2-3-13-9(7-11)5-6-17-13/h1-4,7-8,17,19H,5-6H2,(H,18,20). The van der Waals surface area contributed by atoms with Crippen molar-refractivity contribution in [2.45, 2.75) is 6.42 Å². The summed E-state index contributed by atoms with van der Waals surface area (Å²) in [6, 6.07) is 10.8. The number of fused-ring (bicyclic) bond motifs is 1. The Hall–Kier alpha value is -1.76. The lowest BCUT2D eigenvalue weighted by Crippen LogP contribution is -2.12. The molecule has 0 bridgehead atoms. The van der Waals surface area contributed by atoms with Gasteiger partial charge >= 0.3 is 0 Å². The van der Waals surface area contributed by atoms with Crippen LogP contribution in [0.25, 0.3) is 0 Å². The van der Waals surface area contributed by atoms with Gasteiger partial charge in [-0.15, -0.1) is 0 Å². The summed E-state index contributed by atoms with van der Waals surface area (Å²) < 4.78 is 0.906. The molecule has 0 saturated carbocycles. The van der Waals surface area contributed by atoms with Gasteiger partial charge in [0.2, 0.25) is 0 Å². The summed E-state index contributed by atoms with van der Waals surface area (Å²) in [5.74, 6) is -0.308. The molecule has 2 aromatic carbocycles. The van der Waals surface area contributed by atoms with Crippen LogP contribution >= 0.6 is 22.6 Å². The van der Waals surface area contributed by atoms with Crippen LogP contribution in [0.4, 0.5) is 11.4 Å². The van der Waals surface area contributed by atoms with Gasteiger partial charge in [-0.1, -0.05) is 0 Å². The number of phenols is 1. The summed E-state index contributed by atoms with van der Waals surface area (Å²) >= 11 is 2.11. The highest BCUT2D eigenvalue weighted by Gasteiger charge is 2.14. The van der Waals surface area contributed by atoms with Gasteiger partial charge < -0.3 is 15.7 Å². The van der Waals surface area contributed by atoms with E-state index in [1.807, 2.05) is 18.2 Å². The molecule has 4 nitrogen and oxygen atoms in total. The quantitative estimate of drug-likeness (QED) is 0.702. The lowest BCUT2D eigenvalue weighted by atomic mass is 10.1. The van der Waals surface area contributed by atoms with Crippen molar-refractivity contribution in [3.05, 3.63) is 51.1 Å². The summed E-state index contributed by atoms with van der Waals surface area (Å²) in [6.45, 7) is 0.935. The van der Waals surface area contributed by atoms with Gasteiger partial charge in [0.15, 0.2) is 0 Å². The highest BCUT2D eigenvalue weighted by Crippen LogP contribution is 2.26. The predicted octanol–water partition coefficient (Wildman–Crippen LogP) is 3.22. The molecule has 1 amide bonds. The lowest BCUT2D eigenvalue weighted by molar-refractivity contribution is 0.102. The number of nitrogens with one attached hydrogen (secondary N) is 2. The first kappa shape index (κ1) is 13.2. The molecule has 0 saturated heterocycles. The first-order valence-corrected chi connectivity index (χ1v) is 7.38. The molecule has 1 aliphatic rings. The Morgan fingerprint density at radius 2 is 2.10 bits per heavy atom. The Labute approximate surface area is 130 Å². The first-order chi connectivity index (χ1) is 9.63. The van der Waals surface area contributed by atoms with Crippen LogP contribution in [0.15, 0.2) is 36.4 Å². The molecule has 0 radical (unpaired) electrons. The van der Waals surface area contributed by atoms with Crippen molar-refractivity contribution < 1.29 is 9.90 Å². The number of carbonyl (C=O) groups is 1. The average molecular weight is 380 g/mol. The number of aromatic hydroxyl groups is 1. The summed E-state index contributed by atoms with van der Waals surface area (Å²) in [5.41, 5.74) is 3.36. The maximum absolute atomic E-state index is 12.2. The van der Waals surface area contributed by atoms with Crippen LogP contribution in [-0.2, 0) is 6.42 Å². The van der Waals surface area contributed by atoms with Crippen molar-refractivity contribution in [3.8, 4) is 5.75 Å². The smallest absolute Gasteiger partial charge is 0.259 e. The zero-order chi connectivity index (χ0) is 14.1. The van der Waals surface area contributed by atoms with E-state index < -0.39 is 0 Å². The SMILES string of the molecule is O=C(Nc1ccc2c(c1)CCN2)c1cc(I)ccc1O. The fourth-order valence-corrected chi connectivity index (χ4v) is 2.76. The number of amides is 1. The van der Waals surface area contributed by atoms with Crippen LogP contribution in [0.2, 0.25) is 0 Å². The van der Waals surface area contributed by atoms with Gasteiger partial charge in [-0.25, -0.2) is 0 Å². The van der Waals surface area contributed by atoms with Crippen LogP contribution in [0.3, 0.4) is 0 Å². The van der Waals surface area contributed by atoms with Crippen LogP contribution < -0.4 is 10.6 Å². The molecule has 0 fully saturated rings. The van der Waals surface area contributed by atoms with E-state index >= 15 is 0 Å². The Bertz CT molecular complexity index is 686. The van der Waals surface area contributed by atoms with Crippen molar-refractivity contribution in [2.75, 3.05) is 17.2 Å². The second-order valence-corrected chi connectivity index (χ2v) is 5.91. The van der Waals surface area contributed by atoms with Gasteiger partial charge in [0.05, 0.1) is 5.56 Å². The maximum atomic E-state index is 12.2. The fourth-order valence-electron chi connectivity index (χ4n) is 2.27. The van der Waals surface area contributed by atoms with Crippen molar-refractivity contribution in [2.24, 2.45) is 0 Å². The minimum Gasteiger partial charge on any atom is -0.507 e. The molecular formula is C15H13IN2O2. The Balaban J connectivity index is 1.84. The Kier molecular flexibility index (Phi) is 3.52. The van der Waals surface area contributed by atoms with Gasteiger partial charge in [0.1, 0.15) is 5.75 Å². The van der Waals surface area contributed by atoms with E-state index in [-0.39, 0.29) is 17.2 Å². The third-order valence-corrected chi connectivity index (χ3v) is 3.95. The number of hydrogen-bond acceptors (Lipinski definition) is 3. The molecule has 20 heavy (non-hydrogen) atoms. The van der Waals surface area contributed by atoms with Gasteiger partial charge in [0, 0.05) is 21.5 Å². The fraction of sp³-hybridized carbons (Fsp3) is 0.133. The molecule has 0 spiro atoms. The van der Waals surface area contributed by atoms with E-state index in [0.717, 1.165) is 27.9 Å². The normalized spacial score (nSPS) is 12.7. The highest BCUT2D eigenvalue weighted by atomic mass is 127. The number of phenolic OH excluding ortho intramolecular Hbond substituents is 1. The van der Waals surface area contributed by atoms with Gasteiger partial charge in [-0.3, -0.25) is 4.79 Å². The van der Waals surface area contributed by atoms with Crippen molar-refractivity contribution in [1.82, 2.24) is 0 Å².